The molecule has 0 bridgehead atoms. The van der Waals surface area contributed by atoms with Gasteiger partial charge in [0.2, 0.25) is 0 Å². The third-order valence-corrected chi connectivity index (χ3v) is 1.15. The van der Waals surface area contributed by atoms with E-state index in [0.29, 0.717) is 0 Å². The van der Waals surface area contributed by atoms with E-state index in [9.17, 15) is 4.79 Å². The first-order chi connectivity index (χ1) is 3.93. The van der Waals surface area contributed by atoms with Crippen LogP contribution in [0.2, 0.25) is 0 Å². The van der Waals surface area contributed by atoms with Crippen LogP contribution in [-0.2, 0) is 4.79 Å². The fourth-order valence-electron chi connectivity index (χ4n) is 0.687. The van der Waals surface area contributed by atoms with E-state index in [2.05, 4.69) is 10.2 Å². The van der Waals surface area contributed by atoms with Gasteiger partial charge >= 0.3 is 0 Å². The molecular formula is C5H8N2O. The summed E-state index contributed by atoms with van der Waals surface area (Å²) < 4.78 is 0. The Balaban J connectivity index is 2.42. The first-order valence-electron chi connectivity index (χ1n) is 2.75. The van der Waals surface area contributed by atoms with Gasteiger partial charge in [0.15, 0.2) is 0 Å². The van der Waals surface area contributed by atoms with E-state index in [1.54, 1.807) is 0 Å². The Bertz CT molecular complexity index is 111. The van der Waals surface area contributed by atoms with E-state index in [1.807, 2.05) is 0 Å². The van der Waals surface area contributed by atoms with Gasteiger partial charge in [-0.1, -0.05) is 0 Å². The molecule has 8 heavy (non-hydrogen) atoms. The van der Waals surface area contributed by atoms with Gasteiger partial charge in [0, 0.05) is 0 Å². The van der Waals surface area contributed by atoms with Crippen molar-refractivity contribution in [3.63, 3.8) is 0 Å². The second-order valence-electron chi connectivity index (χ2n) is 1.83. The summed E-state index contributed by atoms with van der Waals surface area (Å²) in [4.78, 5) is 10.0. The molecule has 0 amide bonds. The van der Waals surface area contributed by atoms with E-state index in [4.69, 9.17) is 0 Å². The van der Waals surface area contributed by atoms with Crippen LogP contribution in [0.15, 0.2) is 10.2 Å². The van der Waals surface area contributed by atoms with Gasteiger partial charge in [0.05, 0.1) is 6.54 Å². The van der Waals surface area contributed by atoms with E-state index < -0.39 is 0 Å². The summed E-state index contributed by atoms with van der Waals surface area (Å²) in [6.45, 7) is 0.796. The van der Waals surface area contributed by atoms with Crippen molar-refractivity contribution < 1.29 is 4.79 Å². The molecule has 0 fully saturated rings. The van der Waals surface area contributed by atoms with Crippen LogP contribution in [0.3, 0.4) is 0 Å². The van der Waals surface area contributed by atoms with Crippen LogP contribution in [0.4, 0.5) is 0 Å². The van der Waals surface area contributed by atoms with Crippen molar-refractivity contribution in [2.75, 3.05) is 6.54 Å². The van der Waals surface area contributed by atoms with Crippen LogP contribution in [-0.4, -0.2) is 18.9 Å². The fraction of sp³-hybridized carbons (Fsp3) is 0.800. The number of azo groups is 1. The minimum absolute atomic E-state index is 0.135. The minimum atomic E-state index is -0.135. The Morgan fingerprint density at radius 3 is 2.88 bits per heavy atom. The predicted molar refractivity (Wildman–Crippen MR) is 28.8 cm³/mol. The molecule has 0 aliphatic carbocycles. The smallest absolute Gasteiger partial charge is 0.146 e. The van der Waals surface area contributed by atoms with Crippen molar-refractivity contribution in [3.05, 3.63) is 0 Å². The summed E-state index contributed by atoms with van der Waals surface area (Å²) in [5, 5.41) is 7.43. The van der Waals surface area contributed by atoms with Crippen molar-refractivity contribution in [3.8, 4) is 0 Å². The third kappa shape index (κ3) is 1.12. The Morgan fingerprint density at radius 2 is 2.50 bits per heavy atom. The lowest BCUT2D eigenvalue weighted by Crippen LogP contribution is -2.09. The number of hydrogen-bond donors (Lipinski definition) is 0. The Morgan fingerprint density at radius 1 is 1.62 bits per heavy atom. The van der Waals surface area contributed by atoms with Crippen LogP contribution in [0.5, 0.6) is 0 Å². The number of hydrogen-bond acceptors (Lipinski definition) is 3. The van der Waals surface area contributed by atoms with Crippen molar-refractivity contribution in [1.29, 1.82) is 0 Å². The summed E-state index contributed by atoms with van der Waals surface area (Å²) in [6, 6.07) is -0.135. The maximum atomic E-state index is 10.0. The van der Waals surface area contributed by atoms with Crippen molar-refractivity contribution in [2.24, 2.45) is 10.2 Å². The molecule has 3 nitrogen and oxygen atoms in total. The number of rotatable bonds is 1. The lowest BCUT2D eigenvalue weighted by atomic mass is 10.2. The molecule has 0 spiro atoms. The molecule has 1 aliphatic heterocycles. The molecule has 3 heteroatoms. The molecule has 1 rings (SSSR count). The molecule has 0 saturated heterocycles. The highest BCUT2D eigenvalue weighted by Crippen LogP contribution is 2.05. The molecule has 1 unspecified atom stereocenters. The van der Waals surface area contributed by atoms with Crippen LogP contribution >= 0.6 is 0 Å². The van der Waals surface area contributed by atoms with Crippen molar-refractivity contribution in [1.82, 2.24) is 0 Å². The lowest BCUT2D eigenvalue weighted by Gasteiger charge is -2.05. The minimum Gasteiger partial charge on any atom is -0.301 e. The Labute approximate surface area is 47.8 Å². The Kier molecular flexibility index (Phi) is 1.72. The number of carbonyl (C=O) groups excluding carboxylic acids is 1. The summed E-state index contributed by atoms with van der Waals surface area (Å²) in [6.07, 6.45) is 2.74. The maximum absolute atomic E-state index is 10.0. The molecule has 0 aromatic carbocycles. The highest BCUT2D eigenvalue weighted by Gasteiger charge is 2.07. The molecule has 0 aromatic rings. The molecule has 1 heterocycles. The summed E-state index contributed by atoms with van der Waals surface area (Å²) in [5.74, 6) is 0. The average Bonchev–Trinajstić information content (AvgIpc) is 1.90. The van der Waals surface area contributed by atoms with E-state index in [-0.39, 0.29) is 6.04 Å². The van der Waals surface area contributed by atoms with Crippen molar-refractivity contribution in [2.45, 2.75) is 18.9 Å². The molecule has 1 aliphatic rings. The monoisotopic (exact) mass is 112 g/mol. The van der Waals surface area contributed by atoms with Gasteiger partial charge < -0.3 is 4.79 Å². The van der Waals surface area contributed by atoms with E-state index >= 15 is 0 Å². The molecule has 0 aromatic heterocycles. The molecule has 0 N–H and O–H groups in total. The van der Waals surface area contributed by atoms with Crippen LogP contribution in [0, 0.1) is 0 Å². The van der Waals surface area contributed by atoms with Gasteiger partial charge in [-0.05, 0) is 12.8 Å². The molecular weight excluding hydrogens is 104 g/mol. The highest BCUT2D eigenvalue weighted by atomic mass is 16.1. The van der Waals surface area contributed by atoms with E-state index in [1.165, 1.54) is 0 Å². The Hall–Kier alpha value is -0.730. The van der Waals surface area contributed by atoms with Crippen LogP contribution in [0.1, 0.15) is 12.8 Å². The zero-order valence-electron chi connectivity index (χ0n) is 4.58. The van der Waals surface area contributed by atoms with Gasteiger partial charge in [-0.15, -0.1) is 0 Å². The van der Waals surface area contributed by atoms with Gasteiger partial charge in [0.1, 0.15) is 12.3 Å². The second kappa shape index (κ2) is 2.55. The topological polar surface area (TPSA) is 41.8 Å². The van der Waals surface area contributed by atoms with Gasteiger partial charge in [-0.25, -0.2) is 0 Å². The van der Waals surface area contributed by atoms with Crippen molar-refractivity contribution >= 4 is 6.29 Å². The SMILES string of the molecule is O=CC1CCCN=N1. The van der Waals surface area contributed by atoms with E-state index in [0.717, 1.165) is 25.7 Å². The van der Waals surface area contributed by atoms with Crippen LogP contribution in [0.25, 0.3) is 0 Å². The first-order valence-corrected chi connectivity index (χ1v) is 2.75. The number of nitrogens with zero attached hydrogens (tertiary/aromatic N) is 2. The van der Waals surface area contributed by atoms with Gasteiger partial charge in [-0.2, -0.15) is 10.2 Å². The molecule has 44 valence electrons. The van der Waals surface area contributed by atoms with Gasteiger partial charge in [-0.3, -0.25) is 0 Å². The highest BCUT2D eigenvalue weighted by molar-refractivity contribution is 5.57. The maximum Gasteiger partial charge on any atom is 0.146 e. The second-order valence-corrected chi connectivity index (χ2v) is 1.83. The third-order valence-electron chi connectivity index (χ3n) is 1.15. The number of carbonyl (C=O) groups is 1. The zero-order chi connectivity index (χ0) is 5.82. The quantitative estimate of drug-likeness (QED) is 0.462. The summed E-state index contributed by atoms with van der Waals surface area (Å²) in [5.41, 5.74) is 0. The standard InChI is InChI=1S/C5H8N2O/c8-4-5-2-1-3-6-7-5/h4-5H,1-3H2. The predicted octanol–water partition coefficient (Wildman–Crippen LogP) is 0.800. The molecule has 0 saturated carbocycles. The number of aldehydes is 1. The molecule has 0 radical (unpaired) electrons. The summed E-state index contributed by atoms with van der Waals surface area (Å²) >= 11 is 0. The zero-order valence-corrected chi connectivity index (χ0v) is 4.58. The van der Waals surface area contributed by atoms with Crippen LogP contribution < -0.4 is 0 Å². The van der Waals surface area contributed by atoms with Gasteiger partial charge in [0.25, 0.3) is 0 Å². The summed E-state index contributed by atoms with van der Waals surface area (Å²) in [7, 11) is 0. The molecule has 1 atom stereocenters. The largest absolute Gasteiger partial charge is 0.301 e. The fourth-order valence-corrected chi connectivity index (χ4v) is 0.687. The first kappa shape index (κ1) is 5.41. The average molecular weight is 112 g/mol. The lowest BCUT2D eigenvalue weighted by molar-refractivity contribution is -0.109. The normalized spacial score (nSPS) is 27.8.